The van der Waals surface area contributed by atoms with Gasteiger partial charge in [0.25, 0.3) is 0 Å². The predicted octanol–water partition coefficient (Wildman–Crippen LogP) is 32.7. The molecule has 0 spiro atoms. The molecule has 0 fully saturated rings. The van der Waals surface area contributed by atoms with Crippen LogP contribution in [-0.2, 0) is 112 Å². The topological polar surface area (TPSA) is 252 Å². The number of rotatable bonds is 36. The van der Waals surface area contributed by atoms with E-state index in [2.05, 4.69) is 208 Å². The van der Waals surface area contributed by atoms with E-state index in [1.54, 1.807) is 0 Å². The monoisotopic (exact) mass is 2670 g/mol. The van der Waals surface area contributed by atoms with E-state index in [1.807, 2.05) is 198 Å². The minimum Gasteiger partial charge on any atom is -0.512 e. The average Bonchev–Trinajstić information content (AvgIpc) is 0.791. The van der Waals surface area contributed by atoms with Crippen LogP contribution in [0.1, 0.15) is 297 Å². The van der Waals surface area contributed by atoms with Crippen molar-refractivity contribution in [1.82, 2.24) is 39.9 Å². The largest absolute Gasteiger partial charge is 0.512 e. The molecule has 0 aliphatic heterocycles. The summed E-state index contributed by atoms with van der Waals surface area (Å²) in [6, 6.07) is 58.8. The summed E-state index contributed by atoms with van der Waals surface area (Å²) >= 11 is 0. The number of carbonyl (C=O) groups excluding carboxylic acids is 4. The molecule has 4 aromatic heterocycles. The maximum absolute atomic E-state index is 11.7. The minimum absolute atomic E-state index is 0. The molecule has 788 valence electrons. The van der Waals surface area contributed by atoms with E-state index in [1.165, 1.54) is 57.7 Å². The summed E-state index contributed by atoms with van der Waals surface area (Å²) in [7, 11) is 0. The number of fused-ring (bicyclic) bond motifs is 4. The molecule has 0 unspecified atom stereocenters. The van der Waals surface area contributed by atoms with Gasteiger partial charge in [-0.25, -0.2) is 0 Å². The van der Waals surface area contributed by atoms with Gasteiger partial charge in [0, 0.05) is 199 Å². The van der Waals surface area contributed by atoms with Crippen molar-refractivity contribution in [3.8, 4) is 45.4 Å². The third-order valence-electron chi connectivity index (χ3n) is 25.5. The fourth-order valence-electron chi connectivity index (χ4n) is 17.0. The number of benzene rings is 8. The fourth-order valence-corrected chi connectivity index (χ4v) is 17.0. The molecule has 4 heterocycles. The van der Waals surface area contributed by atoms with Gasteiger partial charge in [0.2, 0.25) is 0 Å². The van der Waals surface area contributed by atoms with E-state index >= 15 is 0 Å². The van der Waals surface area contributed by atoms with Gasteiger partial charge in [-0.1, -0.05) is 248 Å². The van der Waals surface area contributed by atoms with Gasteiger partial charge < -0.3 is 20.4 Å². The maximum atomic E-state index is 11.7. The number of nitrogens with zero attached hydrogens (tertiary/aromatic N) is 8. The molecule has 8 aromatic carbocycles. The van der Waals surface area contributed by atoms with Crippen molar-refractivity contribution in [1.29, 1.82) is 0 Å². The van der Waals surface area contributed by atoms with Gasteiger partial charge in [-0.15, -0.1) is 140 Å². The van der Waals surface area contributed by atoms with Crippen molar-refractivity contribution in [2.24, 2.45) is 59.2 Å². The Labute approximate surface area is 918 Å². The van der Waals surface area contributed by atoms with Crippen LogP contribution in [0.4, 0.5) is 0 Å². The van der Waals surface area contributed by atoms with Crippen molar-refractivity contribution in [3.05, 3.63) is 285 Å². The average molecular weight is 2660 g/mol. The number of aliphatic hydroxyl groups is 4. The molecule has 144 heavy (non-hydrogen) atoms. The summed E-state index contributed by atoms with van der Waals surface area (Å²) in [6.07, 6.45) is 29.3. The van der Waals surface area contributed by atoms with Gasteiger partial charge in [-0.05, 0) is 169 Å². The van der Waals surface area contributed by atoms with Gasteiger partial charge in [-0.2, -0.15) is 0 Å². The maximum Gasteiger partial charge on any atom is 0.162 e. The van der Waals surface area contributed by atoms with Crippen LogP contribution in [0.25, 0.3) is 89.2 Å². The third-order valence-corrected chi connectivity index (χ3v) is 25.5. The molecule has 16 nitrogen and oxygen atoms in total. The number of aliphatic hydroxyl groups excluding tert-OH is 4. The Morgan fingerprint density at radius 2 is 0.576 bits per heavy atom. The molecule has 12 rings (SSSR count). The fraction of sp³-hybridized carbons (Fsp3) is 0.452. The minimum atomic E-state index is 0. The quantitative estimate of drug-likeness (QED) is 0.0162. The van der Waals surface area contributed by atoms with Crippen LogP contribution in [0.2, 0.25) is 0 Å². The molecule has 12 aromatic rings. The summed E-state index contributed by atoms with van der Waals surface area (Å²) in [5.41, 5.74) is 21.6. The SMILES string of the molecule is CCC(CC)C(=O)C=C(O)C(CC)CC.CCC(CC)C(=O)C=C(O)C(CC)CC.CCC(CC)C(=O)C=C(O)C(CC)CC.CCC(CC)C(=O)C=C(O)C(CC)CC.Cc1[c-]c(-c2cnc3ccccc3n2)cc(C)c1.Cc1[c-]c(-c2ncc3c(CC(C)C)cccc3n2)cc(C)c1.Cc1[c-]c(-c2ncc3ccc(CC(C)C)cc3n2)cc(C)c1.Cc1[c-]c(-c2ncc3ccccc3n2)cc(C)c1.[Ir].[Ir].[Ir].[Ir]. The first kappa shape index (κ1) is 133. The summed E-state index contributed by atoms with van der Waals surface area (Å²) < 4.78 is 0. The predicted molar refractivity (Wildman–Crippen MR) is 586 cm³/mol. The van der Waals surface area contributed by atoms with Crippen molar-refractivity contribution in [2.45, 2.75) is 309 Å². The molecule has 0 aliphatic rings. The van der Waals surface area contributed by atoms with Crippen molar-refractivity contribution in [2.75, 3.05) is 0 Å². The van der Waals surface area contributed by atoms with Crippen molar-refractivity contribution >= 4 is 66.9 Å². The Kier molecular flexibility index (Phi) is 64.8. The second-order valence-electron chi connectivity index (χ2n) is 37.8. The molecule has 0 saturated carbocycles. The molecular formula is C124H164Ir4N8O8-4. The second kappa shape index (κ2) is 70.4. The Hall–Kier alpha value is -9.44. The third kappa shape index (κ3) is 44.3. The normalized spacial score (nSPS) is 11.4. The van der Waals surface area contributed by atoms with E-state index in [0.717, 1.165) is 227 Å². The molecule has 0 atom stereocenters. The zero-order valence-corrected chi connectivity index (χ0v) is 101. The number of aromatic nitrogens is 8. The van der Waals surface area contributed by atoms with E-state index in [0.29, 0.717) is 11.8 Å². The number of hydrogen-bond donors (Lipinski definition) is 4. The number of allylic oxidation sites excluding steroid dienone is 8. The zero-order valence-electron chi connectivity index (χ0n) is 91.2. The first-order valence-electron chi connectivity index (χ1n) is 51.6. The van der Waals surface area contributed by atoms with Crippen LogP contribution >= 0.6 is 0 Å². The summed E-state index contributed by atoms with van der Waals surface area (Å²) in [5, 5.41) is 42.3. The van der Waals surface area contributed by atoms with Crippen LogP contribution < -0.4 is 0 Å². The van der Waals surface area contributed by atoms with E-state index in [4.69, 9.17) is 9.97 Å². The molecule has 4 N–H and O–H groups in total. The molecule has 0 bridgehead atoms. The van der Waals surface area contributed by atoms with E-state index in [9.17, 15) is 39.6 Å². The van der Waals surface area contributed by atoms with Crippen LogP contribution in [0.15, 0.2) is 206 Å². The van der Waals surface area contributed by atoms with Crippen LogP contribution in [0, 0.1) is 139 Å². The standard InChI is InChI=1S/2C20H21N2.2C16H13N2.4C13H24O2.4Ir/c1-13(2)7-16-5-6-17-12-21-20(22-19(17)11-16)18-9-14(3)8-15(4)10-18;1-13(2)8-16-6-5-7-19-18(16)12-21-20(22-19)17-10-14(3)9-15(4)11-17;1-11-7-12(2)9-13(8-11)16-10-17-14-5-3-4-6-15(14)18-16;1-11-7-12(2)9-14(8-11)16-17-10-13-5-3-4-6-15(13)18-16;4*1-5-10(6-2)12(14)9-13(15)11(7-3)8-4;;;;/h5-6,8-9,11-13H,7H2,1-4H3;5-7,9-10,12-13H,8H2,1-4H3;2*3-8,10H,1-2H3;4*9-11,14H,5-8H2,1-4H3;;;;/q4*-1;;;;;;;;. The molecule has 0 aliphatic carbocycles. The van der Waals surface area contributed by atoms with Gasteiger partial charge >= 0.3 is 0 Å². The Morgan fingerprint density at radius 3 is 0.917 bits per heavy atom. The molecule has 0 amide bonds. The first-order valence-corrected chi connectivity index (χ1v) is 51.6. The molecule has 0 saturated heterocycles. The van der Waals surface area contributed by atoms with Gasteiger partial charge in [0.05, 0.1) is 68.1 Å². The van der Waals surface area contributed by atoms with Crippen LogP contribution in [-0.4, -0.2) is 83.4 Å². The van der Waals surface area contributed by atoms with E-state index in [-0.39, 0.29) is 174 Å². The van der Waals surface area contributed by atoms with E-state index < -0.39 is 0 Å². The first-order chi connectivity index (χ1) is 66.9. The zero-order chi connectivity index (χ0) is 104. The van der Waals surface area contributed by atoms with Gasteiger partial charge in [-0.3, -0.25) is 59.0 Å². The van der Waals surface area contributed by atoms with Gasteiger partial charge in [0.1, 0.15) is 0 Å². The Balaban J connectivity index is 0.000000824. The van der Waals surface area contributed by atoms with Crippen molar-refractivity contribution in [3.63, 3.8) is 0 Å². The molecule has 20 heteroatoms. The summed E-state index contributed by atoms with van der Waals surface area (Å²) in [4.78, 5) is 83.5. The van der Waals surface area contributed by atoms with Crippen molar-refractivity contribution < 1.29 is 120 Å². The molecular weight excluding hydrogens is 2500 g/mol. The Morgan fingerprint density at radius 1 is 0.285 bits per heavy atom. The Bertz CT molecular complexity index is 5560. The van der Waals surface area contributed by atoms with Crippen LogP contribution in [0.3, 0.4) is 0 Å². The molecule has 4 radical (unpaired) electrons. The summed E-state index contributed by atoms with van der Waals surface area (Å²) in [6.45, 7) is 57.8. The number of para-hydroxylation sites is 3. The van der Waals surface area contributed by atoms with Crippen LogP contribution in [0.5, 0.6) is 0 Å². The number of carbonyl (C=O) groups is 4. The summed E-state index contributed by atoms with van der Waals surface area (Å²) in [5.74, 6) is 5.70. The number of hydrogen-bond acceptors (Lipinski definition) is 16. The smallest absolute Gasteiger partial charge is 0.162 e. The van der Waals surface area contributed by atoms with Gasteiger partial charge in [0.15, 0.2) is 23.1 Å². The second-order valence-corrected chi connectivity index (χ2v) is 37.8. The number of aryl methyl sites for hydroxylation is 8. The number of ketones is 4.